The Kier molecular flexibility index (Phi) is 3.46. The van der Waals surface area contributed by atoms with Crippen molar-refractivity contribution in [1.82, 2.24) is 15.2 Å². The average molecular weight is 227 g/mol. The summed E-state index contributed by atoms with van der Waals surface area (Å²) in [7, 11) is 0. The van der Waals surface area contributed by atoms with E-state index in [0.717, 1.165) is 13.1 Å². The second kappa shape index (κ2) is 4.84. The van der Waals surface area contributed by atoms with Crippen LogP contribution in [0.3, 0.4) is 0 Å². The van der Waals surface area contributed by atoms with Crippen LogP contribution >= 0.6 is 0 Å². The van der Waals surface area contributed by atoms with Crippen molar-refractivity contribution >= 4 is 0 Å². The Morgan fingerprint density at radius 2 is 2.12 bits per heavy atom. The van der Waals surface area contributed by atoms with Crippen LogP contribution in [0, 0.1) is 0 Å². The zero-order valence-electron chi connectivity index (χ0n) is 9.00. The first-order chi connectivity index (χ1) is 7.68. The number of pyridine rings is 1. The van der Waals surface area contributed by atoms with Crippen LogP contribution < -0.4 is 5.32 Å². The molecule has 1 fully saturated rings. The molecule has 2 rings (SSSR count). The largest absolute Gasteiger partial charge is 0.314 e. The molecular weight excluding hydrogens is 212 g/mol. The van der Waals surface area contributed by atoms with Crippen LogP contribution in [-0.4, -0.2) is 42.6 Å². The molecule has 0 spiro atoms. The first-order valence-electron chi connectivity index (χ1n) is 5.40. The van der Waals surface area contributed by atoms with Crippen LogP contribution in [0.1, 0.15) is 5.56 Å². The minimum absolute atomic E-state index is 0.00599. The third kappa shape index (κ3) is 2.74. The first kappa shape index (κ1) is 11.4. The summed E-state index contributed by atoms with van der Waals surface area (Å²) >= 11 is 0. The number of hydrogen-bond acceptors (Lipinski definition) is 3. The van der Waals surface area contributed by atoms with Crippen molar-refractivity contribution in [2.45, 2.75) is 5.92 Å². The van der Waals surface area contributed by atoms with Gasteiger partial charge in [0.25, 0.3) is 5.92 Å². The maximum atomic E-state index is 13.8. The maximum Gasteiger partial charge on any atom is 0.287 e. The van der Waals surface area contributed by atoms with Crippen LogP contribution in [0.2, 0.25) is 0 Å². The van der Waals surface area contributed by atoms with Gasteiger partial charge in [0, 0.05) is 44.1 Å². The van der Waals surface area contributed by atoms with E-state index in [2.05, 4.69) is 10.3 Å². The van der Waals surface area contributed by atoms with Gasteiger partial charge in [-0.25, -0.2) is 0 Å². The number of nitrogens with zero attached hydrogens (tertiary/aromatic N) is 2. The van der Waals surface area contributed by atoms with E-state index in [9.17, 15) is 8.78 Å². The summed E-state index contributed by atoms with van der Waals surface area (Å²) in [6.45, 7) is 2.69. The lowest BCUT2D eigenvalue weighted by Crippen LogP contribution is -2.47. The fourth-order valence-corrected chi connectivity index (χ4v) is 1.82. The van der Waals surface area contributed by atoms with Crippen molar-refractivity contribution in [3.63, 3.8) is 0 Å². The number of halogens is 2. The summed E-state index contributed by atoms with van der Waals surface area (Å²) in [5.41, 5.74) is -0.00599. The van der Waals surface area contributed by atoms with E-state index in [4.69, 9.17) is 0 Å². The number of hydrogen-bond donors (Lipinski definition) is 1. The molecule has 5 heteroatoms. The smallest absolute Gasteiger partial charge is 0.287 e. The third-order valence-electron chi connectivity index (χ3n) is 2.72. The normalized spacial score (nSPS) is 18.6. The van der Waals surface area contributed by atoms with Gasteiger partial charge in [-0.2, -0.15) is 8.78 Å². The molecule has 1 aliphatic heterocycles. The van der Waals surface area contributed by atoms with Gasteiger partial charge >= 0.3 is 0 Å². The summed E-state index contributed by atoms with van der Waals surface area (Å²) < 4.78 is 27.7. The molecule has 0 aliphatic carbocycles. The number of aromatic nitrogens is 1. The molecule has 1 aromatic heterocycles. The van der Waals surface area contributed by atoms with Crippen molar-refractivity contribution in [2.24, 2.45) is 0 Å². The highest BCUT2D eigenvalue weighted by Gasteiger charge is 2.34. The van der Waals surface area contributed by atoms with Gasteiger partial charge in [-0.05, 0) is 12.1 Å². The van der Waals surface area contributed by atoms with Gasteiger partial charge < -0.3 is 5.32 Å². The monoisotopic (exact) mass is 227 g/mol. The lowest BCUT2D eigenvalue weighted by atomic mass is 10.1. The van der Waals surface area contributed by atoms with E-state index in [1.54, 1.807) is 11.0 Å². The lowest BCUT2D eigenvalue weighted by molar-refractivity contribution is -0.0403. The Morgan fingerprint density at radius 3 is 2.75 bits per heavy atom. The molecular formula is C11H15F2N3. The van der Waals surface area contributed by atoms with Crippen LogP contribution in [0.15, 0.2) is 24.5 Å². The zero-order valence-corrected chi connectivity index (χ0v) is 9.00. The Balaban J connectivity index is 2.01. The predicted octanol–water partition coefficient (Wildman–Crippen LogP) is 1.08. The summed E-state index contributed by atoms with van der Waals surface area (Å²) in [5.74, 6) is -2.81. The van der Waals surface area contributed by atoms with Crippen molar-refractivity contribution < 1.29 is 8.78 Å². The highest BCUT2D eigenvalue weighted by Crippen LogP contribution is 2.28. The molecule has 2 heterocycles. The Hall–Kier alpha value is -1.07. The molecule has 1 N–H and O–H groups in total. The van der Waals surface area contributed by atoms with Gasteiger partial charge in [0.15, 0.2) is 0 Å². The Morgan fingerprint density at radius 1 is 1.38 bits per heavy atom. The molecule has 1 saturated heterocycles. The fraction of sp³-hybridized carbons (Fsp3) is 0.545. The molecule has 0 aromatic carbocycles. The van der Waals surface area contributed by atoms with Gasteiger partial charge in [-0.15, -0.1) is 0 Å². The summed E-state index contributed by atoms with van der Waals surface area (Å²) in [4.78, 5) is 5.51. The maximum absolute atomic E-state index is 13.8. The van der Waals surface area contributed by atoms with Crippen LogP contribution in [0.25, 0.3) is 0 Å². The molecule has 1 aliphatic rings. The van der Waals surface area contributed by atoms with Gasteiger partial charge in [-0.3, -0.25) is 9.88 Å². The molecule has 1 aromatic rings. The number of alkyl halides is 2. The Bertz CT molecular complexity index is 323. The van der Waals surface area contributed by atoms with Crippen LogP contribution in [-0.2, 0) is 5.92 Å². The average Bonchev–Trinajstić information content (AvgIpc) is 2.31. The third-order valence-corrected chi connectivity index (χ3v) is 2.72. The van der Waals surface area contributed by atoms with E-state index in [1.807, 2.05) is 0 Å². The predicted molar refractivity (Wildman–Crippen MR) is 57.4 cm³/mol. The van der Waals surface area contributed by atoms with E-state index in [0.29, 0.717) is 13.1 Å². The molecule has 16 heavy (non-hydrogen) atoms. The van der Waals surface area contributed by atoms with Gasteiger partial charge in [0.2, 0.25) is 0 Å². The number of piperazine rings is 1. The van der Waals surface area contributed by atoms with E-state index < -0.39 is 5.92 Å². The molecule has 0 saturated carbocycles. The summed E-state index contributed by atoms with van der Waals surface area (Å²) in [5, 5.41) is 3.14. The van der Waals surface area contributed by atoms with Crippen molar-refractivity contribution in [1.29, 1.82) is 0 Å². The molecule has 0 bridgehead atoms. The molecule has 88 valence electrons. The highest BCUT2D eigenvalue weighted by atomic mass is 19.3. The second-order valence-electron chi connectivity index (χ2n) is 3.97. The van der Waals surface area contributed by atoms with E-state index in [1.165, 1.54) is 18.5 Å². The first-order valence-corrected chi connectivity index (χ1v) is 5.40. The van der Waals surface area contributed by atoms with Crippen molar-refractivity contribution in [2.75, 3.05) is 32.7 Å². The molecule has 0 atom stereocenters. The standard InChI is InChI=1S/C11H15F2N3/c12-11(13,10-2-1-3-15-8-10)9-16-6-4-14-5-7-16/h1-3,8,14H,4-7,9H2. The molecule has 0 radical (unpaired) electrons. The van der Waals surface area contributed by atoms with E-state index >= 15 is 0 Å². The van der Waals surface area contributed by atoms with Crippen LogP contribution in [0.4, 0.5) is 8.78 Å². The lowest BCUT2D eigenvalue weighted by Gasteiger charge is -2.30. The van der Waals surface area contributed by atoms with Gasteiger partial charge in [0.05, 0.1) is 6.54 Å². The van der Waals surface area contributed by atoms with Crippen molar-refractivity contribution in [3.8, 4) is 0 Å². The van der Waals surface area contributed by atoms with Gasteiger partial charge in [-0.1, -0.05) is 0 Å². The molecule has 0 unspecified atom stereocenters. The minimum Gasteiger partial charge on any atom is -0.314 e. The summed E-state index contributed by atoms with van der Waals surface area (Å²) in [6, 6.07) is 2.97. The van der Waals surface area contributed by atoms with Crippen LogP contribution in [0.5, 0.6) is 0 Å². The zero-order chi connectivity index (χ0) is 11.4. The van der Waals surface area contributed by atoms with Crippen molar-refractivity contribution in [3.05, 3.63) is 30.1 Å². The quantitative estimate of drug-likeness (QED) is 0.837. The Labute approximate surface area is 93.5 Å². The second-order valence-corrected chi connectivity index (χ2v) is 3.97. The van der Waals surface area contributed by atoms with Gasteiger partial charge in [0.1, 0.15) is 0 Å². The highest BCUT2D eigenvalue weighted by molar-refractivity contribution is 5.15. The molecule has 3 nitrogen and oxygen atoms in total. The summed E-state index contributed by atoms with van der Waals surface area (Å²) in [6.07, 6.45) is 2.74. The fourth-order valence-electron chi connectivity index (χ4n) is 1.82. The SMILES string of the molecule is FC(F)(CN1CCNCC1)c1cccnc1. The molecule has 0 amide bonds. The number of nitrogens with one attached hydrogen (secondary N) is 1. The minimum atomic E-state index is -2.81. The number of rotatable bonds is 3. The topological polar surface area (TPSA) is 28.2 Å². The van der Waals surface area contributed by atoms with E-state index in [-0.39, 0.29) is 12.1 Å².